The van der Waals surface area contributed by atoms with Gasteiger partial charge in [-0.2, -0.15) is 5.10 Å². The number of methoxy groups -OCH3 is 1. The number of benzene rings is 3. The minimum Gasteiger partial charge on any atom is -0.497 e. The molecule has 0 saturated carbocycles. The van der Waals surface area contributed by atoms with Crippen LogP contribution in [0.15, 0.2) is 72.8 Å². The van der Waals surface area contributed by atoms with Crippen LogP contribution in [-0.2, 0) is 6.54 Å². The zero-order valence-corrected chi connectivity index (χ0v) is 21.6. The van der Waals surface area contributed by atoms with E-state index in [0.29, 0.717) is 18.8 Å². The smallest absolute Gasteiger partial charge is 0.272 e. The summed E-state index contributed by atoms with van der Waals surface area (Å²) in [5, 5.41) is 4.86. The van der Waals surface area contributed by atoms with Gasteiger partial charge in [0.05, 0.1) is 18.5 Å². The van der Waals surface area contributed by atoms with Crippen molar-refractivity contribution in [3.8, 4) is 34.2 Å². The number of fused-ring (bicyclic) bond motifs is 1. The Morgan fingerprint density at radius 1 is 0.921 bits per heavy atom. The van der Waals surface area contributed by atoms with Gasteiger partial charge in [-0.25, -0.2) is 4.68 Å². The average Bonchev–Trinajstić information content (AvgIpc) is 3.61. The predicted octanol–water partition coefficient (Wildman–Crippen LogP) is 4.54. The van der Waals surface area contributed by atoms with E-state index in [2.05, 4.69) is 11.0 Å². The van der Waals surface area contributed by atoms with Gasteiger partial charge in [0.2, 0.25) is 6.79 Å². The predicted molar refractivity (Wildman–Crippen MR) is 144 cm³/mol. The molecule has 4 aromatic rings. The summed E-state index contributed by atoms with van der Waals surface area (Å²) in [6.45, 7) is 6.02. The number of aryl methyl sites for hydroxylation is 1. The molecule has 1 fully saturated rings. The monoisotopic (exact) mass is 510 g/mol. The largest absolute Gasteiger partial charge is 0.497 e. The number of piperazine rings is 1. The van der Waals surface area contributed by atoms with Crippen molar-refractivity contribution in [2.75, 3.05) is 40.1 Å². The first kappa shape index (κ1) is 24.1. The first-order chi connectivity index (χ1) is 18.6. The van der Waals surface area contributed by atoms with E-state index in [0.717, 1.165) is 59.4 Å². The van der Waals surface area contributed by atoms with E-state index in [9.17, 15) is 4.79 Å². The zero-order chi connectivity index (χ0) is 26.1. The van der Waals surface area contributed by atoms with Crippen LogP contribution < -0.4 is 14.2 Å². The Morgan fingerprint density at radius 3 is 2.47 bits per heavy atom. The van der Waals surface area contributed by atoms with Crippen LogP contribution in [-0.4, -0.2) is 65.6 Å². The Bertz CT molecular complexity index is 1460. The minimum absolute atomic E-state index is 0.0125. The molecule has 0 N–H and O–H groups in total. The lowest BCUT2D eigenvalue weighted by Crippen LogP contribution is -2.48. The highest BCUT2D eigenvalue weighted by Gasteiger charge is 2.27. The van der Waals surface area contributed by atoms with Crippen molar-refractivity contribution in [3.63, 3.8) is 0 Å². The lowest BCUT2D eigenvalue weighted by atomic mass is 10.1. The third-order valence-electron chi connectivity index (χ3n) is 7.06. The van der Waals surface area contributed by atoms with Crippen LogP contribution in [0, 0.1) is 6.92 Å². The van der Waals surface area contributed by atoms with Gasteiger partial charge in [-0.15, -0.1) is 0 Å². The van der Waals surface area contributed by atoms with Crippen molar-refractivity contribution in [2.45, 2.75) is 13.5 Å². The number of hydrogen-bond acceptors (Lipinski definition) is 6. The van der Waals surface area contributed by atoms with Crippen molar-refractivity contribution in [1.82, 2.24) is 19.6 Å². The Balaban J connectivity index is 1.21. The molecule has 0 radical (unpaired) electrons. The summed E-state index contributed by atoms with van der Waals surface area (Å²) in [5.41, 5.74) is 5.40. The molecule has 0 bridgehead atoms. The van der Waals surface area contributed by atoms with Gasteiger partial charge in [0.25, 0.3) is 5.91 Å². The number of aromatic nitrogens is 2. The van der Waals surface area contributed by atoms with Crippen LogP contribution in [0.5, 0.6) is 17.2 Å². The third kappa shape index (κ3) is 4.82. The van der Waals surface area contributed by atoms with Gasteiger partial charge >= 0.3 is 0 Å². The van der Waals surface area contributed by atoms with Crippen LogP contribution >= 0.6 is 0 Å². The highest BCUT2D eigenvalue weighted by molar-refractivity contribution is 5.94. The molecule has 0 spiro atoms. The fourth-order valence-corrected chi connectivity index (χ4v) is 4.96. The summed E-state index contributed by atoms with van der Waals surface area (Å²) in [7, 11) is 1.65. The standard InChI is InChI=1S/C30H30N4O4/c1-21-4-3-5-24(16-21)34-27(18-26(31-34)23-7-9-25(36-2)10-8-23)30(35)33-14-12-32(13-15-33)19-22-6-11-28-29(17-22)38-20-37-28/h3-11,16-18H,12-15,19-20H2,1-2H3. The molecule has 0 aliphatic carbocycles. The fraction of sp³-hybridized carbons (Fsp3) is 0.267. The molecule has 194 valence electrons. The van der Waals surface area contributed by atoms with E-state index in [1.807, 2.05) is 78.6 Å². The van der Waals surface area contributed by atoms with Crippen molar-refractivity contribution < 1.29 is 19.0 Å². The van der Waals surface area contributed by atoms with Gasteiger partial charge in [0, 0.05) is 38.3 Å². The molecule has 1 amide bonds. The molecule has 0 atom stereocenters. The topological polar surface area (TPSA) is 69.1 Å². The van der Waals surface area contributed by atoms with Crippen molar-refractivity contribution >= 4 is 5.91 Å². The van der Waals surface area contributed by atoms with Crippen molar-refractivity contribution in [1.29, 1.82) is 0 Å². The number of ether oxygens (including phenoxy) is 3. The molecule has 1 aromatic heterocycles. The third-order valence-corrected chi connectivity index (χ3v) is 7.06. The maximum absolute atomic E-state index is 13.8. The van der Waals surface area contributed by atoms with Crippen LogP contribution in [0.4, 0.5) is 0 Å². The SMILES string of the molecule is COc1ccc(-c2cc(C(=O)N3CCN(Cc4ccc5c(c4)OCO5)CC3)n(-c3cccc(C)c3)n2)cc1. The summed E-state index contributed by atoms with van der Waals surface area (Å²) in [4.78, 5) is 18.1. The molecule has 38 heavy (non-hydrogen) atoms. The normalized spacial score (nSPS) is 15.1. The molecular weight excluding hydrogens is 480 g/mol. The molecule has 2 aliphatic heterocycles. The molecule has 0 unspecified atom stereocenters. The molecule has 1 saturated heterocycles. The van der Waals surface area contributed by atoms with E-state index in [-0.39, 0.29) is 12.7 Å². The second-order valence-corrected chi connectivity index (χ2v) is 9.65. The first-order valence-corrected chi connectivity index (χ1v) is 12.8. The van der Waals surface area contributed by atoms with E-state index in [4.69, 9.17) is 19.3 Å². The highest BCUT2D eigenvalue weighted by Crippen LogP contribution is 2.33. The van der Waals surface area contributed by atoms with Gasteiger partial charge in [-0.3, -0.25) is 9.69 Å². The van der Waals surface area contributed by atoms with E-state index in [1.54, 1.807) is 11.8 Å². The quantitative estimate of drug-likeness (QED) is 0.379. The number of carbonyl (C=O) groups is 1. The molecule has 8 heteroatoms. The van der Waals surface area contributed by atoms with Crippen LogP contribution in [0.25, 0.3) is 16.9 Å². The lowest BCUT2D eigenvalue weighted by Gasteiger charge is -2.34. The zero-order valence-electron chi connectivity index (χ0n) is 21.6. The average molecular weight is 511 g/mol. The Morgan fingerprint density at radius 2 is 1.71 bits per heavy atom. The van der Waals surface area contributed by atoms with Gasteiger partial charge < -0.3 is 19.1 Å². The number of rotatable bonds is 6. The highest BCUT2D eigenvalue weighted by atomic mass is 16.7. The van der Waals surface area contributed by atoms with E-state index >= 15 is 0 Å². The van der Waals surface area contributed by atoms with Crippen LogP contribution in [0.2, 0.25) is 0 Å². The number of nitrogens with zero attached hydrogens (tertiary/aromatic N) is 4. The summed E-state index contributed by atoms with van der Waals surface area (Å²) in [5.74, 6) is 2.36. The molecule has 6 rings (SSSR count). The Hall–Kier alpha value is -4.30. The molecule has 8 nitrogen and oxygen atoms in total. The fourth-order valence-electron chi connectivity index (χ4n) is 4.96. The Labute approximate surface area is 222 Å². The molecular formula is C30H30N4O4. The van der Waals surface area contributed by atoms with Gasteiger partial charge in [-0.05, 0) is 72.6 Å². The number of amides is 1. The van der Waals surface area contributed by atoms with E-state index in [1.165, 1.54) is 5.56 Å². The van der Waals surface area contributed by atoms with Crippen LogP contribution in [0.1, 0.15) is 21.6 Å². The second-order valence-electron chi connectivity index (χ2n) is 9.65. The van der Waals surface area contributed by atoms with Gasteiger partial charge in [-0.1, -0.05) is 18.2 Å². The minimum atomic E-state index is -0.0125. The number of carbonyl (C=O) groups excluding carboxylic acids is 1. The summed E-state index contributed by atoms with van der Waals surface area (Å²) in [6, 6.07) is 23.8. The second kappa shape index (κ2) is 10.2. The maximum atomic E-state index is 13.8. The van der Waals surface area contributed by atoms with Gasteiger partial charge in [0.15, 0.2) is 11.5 Å². The lowest BCUT2D eigenvalue weighted by molar-refractivity contribution is 0.0619. The molecule has 3 aromatic carbocycles. The first-order valence-electron chi connectivity index (χ1n) is 12.8. The summed E-state index contributed by atoms with van der Waals surface area (Å²) in [6.07, 6.45) is 0. The number of hydrogen-bond donors (Lipinski definition) is 0. The van der Waals surface area contributed by atoms with Crippen molar-refractivity contribution in [3.05, 3.63) is 89.6 Å². The summed E-state index contributed by atoms with van der Waals surface area (Å²) < 4.78 is 18.0. The van der Waals surface area contributed by atoms with Crippen LogP contribution in [0.3, 0.4) is 0 Å². The van der Waals surface area contributed by atoms with Gasteiger partial charge in [0.1, 0.15) is 11.4 Å². The summed E-state index contributed by atoms with van der Waals surface area (Å²) >= 11 is 0. The maximum Gasteiger partial charge on any atom is 0.272 e. The Kier molecular flexibility index (Phi) is 6.47. The molecule has 3 heterocycles. The van der Waals surface area contributed by atoms with E-state index < -0.39 is 0 Å². The van der Waals surface area contributed by atoms with Crippen molar-refractivity contribution in [2.24, 2.45) is 0 Å². The molecule has 2 aliphatic rings.